The van der Waals surface area contributed by atoms with E-state index in [2.05, 4.69) is 15.4 Å². The van der Waals surface area contributed by atoms with Crippen molar-refractivity contribution < 1.29 is 9.72 Å². The number of hydrogen-bond acceptors (Lipinski definition) is 8. The van der Waals surface area contributed by atoms with Crippen LogP contribution >= 0.6 is 0 Å². The number of nitrogens with two attached hydrogens (primary N) is 2. The normalized spacial score (nSPS) is 15.9. The molecule has 1 amide bonds. The zero-order chi connectivity index (χ0) is 14.7. The fourth-order valence-electron chi connectivity index (χ4n) is 2.17. The van der Waals surface area contributed by atoms with Gasteiger partial charge in [0, 0.05) is 19.0 Å². The van der Waals surface area contributed by atoms with E-state index < -0.39 is 4.92 Å². The summed E-state index contributed by atoms with van der Waals surface area (Å²) in [4.78, 5) is 31.1. The molecule has 20 heavy (non-hydrogen) atoms. The van der Waals surface area contributed by atoms with Crippen LogP contribution in [0.3, 0.4) is 0 Å². The molecule has 0 spiro atoms. The first-order valence-corrected chi connectivity index (χ1v) is 6.05. The topological polar surface area (TPSA) is 153 Å². The maximum atomic E-state index is 11.1. The second kappa shape index (κ2) is 5.65. The standard InChI is InChI=1S/C10H15N7O3/c11-8(18)6-1-3-16(4-2-6)9-7(17(19)20)5-13-10(14-9)15-12/h5-6H,1-4,12H2,(H2,11,18)(H,13,14,15). The van der Waals surface area contributed by atoms with Crippen LogP contribution in [0, 0.1) is 16.0 Å². The summed E-state index contributed by atoms with van der Waals surface area (Å²) in [5, 5.41) is 11.0. The highest BCUT2D eigenvalue weighted by Gasteiger charge is 2.28. The van der Waals surface area contributed by atoms with Gasteiger partial charge in [-0.1, -0.05) is 0 Å². The van der Waals surface area contributed by atoms with Crippen molar-refractivity contribution in [3.63, 3.8) is 0 Å². The van der Waals surface area contributed by atoms with Crippen molar-refractivity contribution in [3.05, 3.63) is 16.3 Å². The Bertz CT molecular complexity index is 528. The van der Waals surface area contributed by atoms with Gasteiger partial charge in [0.25, 0.3) is 0 Å². The number of carbonyl (C=O) groups excluding carboxylic acids is 1. The molecule has 0 unspecified atom stereocenters. The summed E-state index contributed by atoms with van der Waals surface area (Å²) in [5.41, 5.74) is 7.32. The van der Waals surface area contributed by atoms with Crippen LogP contribution in [0.15, 0.2) is 6.20 Å². The number of primary amides is 1. The van der Waals surface area contributed by atoms with Gasteiger partial charge in [0.05, 0.1) is 4.92 Å². The number of rotatable bonds is 4. The second-order valence-corrected chi connectivity index (χ2v) is 4.47. The molecule has 0 aromatic carbocycles. The van der Waals surface area contributed by atoms with Crippen LogP contribution < -0.4 is 21.9 Å². The summed E-state index contributed by atoms with van der Waals surface area (Å²) in [6.07, 6.45) is 2.20. The molecule has 5 N–H and O–H groups in total. The van der Waals surface area contributed by atoms with Crippen LogP contribution in [-0.2, 0) is 4.79 Å². The number of anilines is 2. The van der Waals surface area contributed by atoms with Crippen LogP contribution in [0.4, 0.5) is 17.5 Å². The van der Waals surface area contributed by atoms with Crippen molar-refractivity contribution in [2.24, 2.45) is 17.5 Å². The molecular formula is C10H15N7O3. The minimum Gasteiger partial charge on any atom is -0.369 e. The minimum absolute atomic E-state index is 0.0997. The average molecular weight is 281 g/mol. The summed E-state index contributed by atoms with van der Waals surface area (Å²) in [6.45, 7) is 0.935. The van der Waals surface area contributed by atoms with Crippen LogP contribution in [0.1, 0.15) is 12.8 Å². The Morgan fingerprint density at radius 2 is 2.15 bits per heavy atom. The van der Waals surface area contributed by atoms with E-state index in [0.717, 1.165) is 6.20 Å². The SMILES string of the molecule is NNc1ncc([N+](=O)[O-])c(N2CCC(C(N)=O)CC2)n1. The van der Waals surface area contributed by atoms with E-state index in [1.54, 1.807) is 4.90 Å². The number of hydrogen-bond donors (Lipinski definition) is 3. The van der Waals surface area contributed by atoms with Gasteiger partial charge in [-0.15, -0.1) is 0 Å². The highest BCUT2D eigenvalue weighted by atomic mass is 16.6. The quantitative estimate of drug-likeness (QED) is 0.374. The van der Waals surface area contributed by atoms with Crippen LogP contribution in [-0.4, -0.2) is 33.9 Å². The Kier molecular flexibility index (Phi) is 3.94. The molecule has 10 nitrogen and oxygen atoms in total. The second-order valence-electron chi connectivity index (χ2n) is 4.47. The van der Waals surface area contributed by atoms with Crippen molar-refractivity contribution in [2.45, 2.75) is 12.8 Å². The molecule has 0 bridgehead atoms. The molecule has 0 saturated carbocycles. The zero-order valence-corrected chi connectivity index (χ0v) is 10.7. The lowest BCUT2D eigenvalue weighted by Crippen LogP contribution is -2.39. The molecule has 0 atom stereocenters. The van der Waals surface area contributed by atoms with E-state index in [4.69, 9.17) is 11.6 Å². The molecule has 10 heteroatoms. The molecule has 2 rings (SSSR count). The molecular weight excluding hydrogens is 266 g/mol. The summed E-state index contributed by atoms with van der Waals surface area (Å²) >= 11 is 0. The lowest BCUT2D eigenvalue weighted by Gasteiger charge is -2.30. The summed E-state index contributed by atoms with van der Waals surface area (Å²) in [5.74, 6) is 4.97. The molecule has 0 radical (unpaired) electrons. The molecule has 1 aliphatic rings. The van der Waals surface area contributed by atoms with Crippen molar-refractivity contribution in [3.8, 4) is 0 Å². The van der Waals surface area contributed by atoms with Gasteiger partial charge >= 0.3 is 5.69 Å². The van der Waals surface area contributed by atoms with Gasteiger partial charge < -0.3 is 10.6 Å². The molecule has 0 aliphatic carbocycles. The Morgan fingerprint density at radius 1 is 1.50 bits per heavy atom. The smallest absolute Gasteiger partial charge is 0.329 e. The molecule has 2 heterocycles. The van der Waals surface area contributed by atoms with E-state index in [0.29, 0.717) is 25.9 Å². The molecule has 1 aromatic rings. The maximum Gasteiger partial charge on any atom is 0.329 e. The van der Waals surface area contributed by atoms with Crippen LogP contribution in [0.2, 0.25) is 0 Å². The van der Waals surface area contributed by atoms with Gasteiger partial charge in [0.1, 0.15) is 6.20 Å². The van der Waals surface area contributed by atoms with E-state index >= 15 is 0 Å². The number of piperidine rings is 1. The van der Waals surface area contributed by atoms with Crippen LogP contribution in [0.5, 0.6) is 0 Å². The summed E-state index contributed by atoms with van der Waals surface area (Å²) < 4.78 is 0. The van der Waals surface area contributed by atoms with Gasteiger partial charge in [-0.05, 0) is 12.8 Å². The predicted molar refractivity (Wildman–Crippen MR) is 70.6 cm³/mol. The Hall–Kier alpha value is -2.49. The third-order valence-corrected chi connectivity index (χ3v) is 3.27. The van der Waals surface area contributed by atoms with Crippen molar-refractivity contribution in [1.82, 2.24) is 9.97 Å². The maximum absolute atomic E-state index is 11.1. The molecule has 1 saturated heterocycles. The Labute approximate surface area is 114 Å². The third kappa shape index (κ3) is 2.74. The zero-order valence-electron chi connectivity index (χ0n) is 10.7. The monoisotopic (exact) mass is 281 g/mol. The first-order chi connectivity index (χ1) is 9.52. The van der Waals surface area contributed by atoms with E-state index in [1.165, 1.54) is 0 Å². The van der Waals surface area contributed by atoms with Gasteiger partial charge in [-0.2, -0.15) is 4.98 Å². The number of nitro groups is 1. The number of aromatic nitrogens is 2. The third-order valence-electron chi connectivity index (χ3n) is 3.27. The lowest BCUT2D eigenvalue weighted by atomic mass is 9.96. The van der Waals surface area contributed by atoms with Crippen molar-refractivity contribution >= 4 is 23.4 Å². The van der Waals surface area contributed by atoms with Crippen molar-refractivity contribution in [2.75, 3.05) is 23.4 Å². The van der Waals surface area contributed by atoms with E-state index in [-0.39, 0.29) is 29.3 Å². The number of nitrogen functional groups attached to an aromatic ring is 1. The summed E-state index contributed by atoms with van der Waals surface area (Å²) in [7, 11) is 0. The number of nitrogens with one attached hydrogen (secondary N) is 1. The Balaban J connectivity index is 2.23. The van der Waals surface area contributed by atoms with E-state index in [1.807, 2.05) is 0 Å². The predicted octanol–water partition coefficient (Wildman–Crippen LogP) is -0.628. The number of nitrogens with zero attached hydrogens (tertiary/aromatic N) is 4. The first-order valence-electron chi connectivity index (χ1n) is 6.05. The average Bonchev–Trinajstić information content (AvgIpc) is 2.46. The van der Waals surface area contributed by atoms with Gasteiger partial charge in [0.15, 0.2) is 0 Å². The molecule has 108 valence electrons. The largest absolute Gasteiger partial charge is 0.369 e. The first kappa shape index (κ1) is 13.9. The number of carbonyl (C=O) groups is 1. The molecule has 1 fully saturated rings. The van der Waals surface area contributed by atoms with E-state index in [9.17, 15) is 14.9 Å². The lowest BCUT2D eigenvalue weighted by molar-refractivity contribution is -0.384. The fraction of sp³-hybridized carbons (Fsp3) is 0.500. The highest BCUT2D eigenvalue weighted by molar-refractivity contribution is 5.77. The fourth-order valence-corrected chi connectivity index (χ4v) is 2.17. The number of amides is 1. The minimum atomic E-state index is -0.546. The molecule has 1 aromatic heterocycles. The van der Waals surface area contributed by atoms with Crippen molar-refractivity contribution in [1.29, 1.82) is 0 Å². The highest BCUT2D eigenvalue weighted by Crippen LogP contribution is 2.29. The number of hydrazine groups is 1. The van der Waals surface area contributed by atoms with Gasteiger partial charge in [-0.25, -0.2) is 10.8 Å². The van der Waals surface area contributed by atoms with Gasteiger partial charge in [-0.3, -0.25) is 20.3 Å². The Morgan fingerprint density at radius 3 is 2.65 bits per heavy atom. The van der Waals surface area contributed by atoms with Gasteiger partial charge in [0.2, 0.25) is 17.7 Å². The summed E-state index contributed by atoms with van der Waals surface area (Å²) in [6, 6.07) is 0. The molecule has 1 aliphatic heterocycles. The van der Waals surface area contributed by atoms with Crippen LogP contribution in [0.25, 0.3) is 0 Å².